The number of imide groups is 1. The van der Waals surface area contributed by atoms with E-state index in [0.29, 0.717) is 27.9 Å². The number of nitrogens with one attached hydrogen (secondary N) is 1. The van der Waals surface area contributed by atoms with Gasteiger partial charge in [0.2, 0.25) is 0 Å². The van der Waals surface area contributed by atoms with Gasteiger partial charge in [-0.2, -0.15) is 0 Å². The summed E-state index contributed by atoms with van der Waals surface area (Å²) in [6.45, 7) is 4.27. The topological polar surface area (TPSA) is 75.2 Å². The Balaban J connectivity index is 1.88. The van der Waals surface area contributed by atoms with Crippen molar-refractivity contribution in [1.82, 2.24) is 14.5 Å². The largest absolute Gasteiger partial charge is 0.335 e. The third kappa shape index (κ3) is 3.03. The molecule has 1 aromatic carbocycles. The summed E-state index contributed by atoms with van der Waals surface area (Å²) in [5.41, 5.74) is 2.26. The number of hydrogen-bond donors (Lipinski definition) is 1. The molecule has 7 heteroatoms. The lowest BCUT2D eigenvalue weighted by Gasteiger charge is -2.16. The molecule has 0 bridgehead atoms. The first-order valence-corrected chi connectivity index (χ1v) is 9.20. The zero-order valence-corrected chi connectivity index (χ0v) is 15.7. The van der Waals surface area contributed by atoms with Crippen LogP contribution in [0.4, 0.5) is 0 Å². The molecule has 26 heavy (non-hydrogen) atoms. The predicted octanol–water partition coefficient (Wildman–Crippen LogP) is 2.72. The van der Waals surface area contributed by atoms with Crippen molar-refractivity contribution in [3.05, 3.63) is 61.8 Å². The Labute approximate surface area is 156 Å². The van der Waals surface area contributed by atoms with Crippen LogP contribution in [0.5, 0.6) is 0 Å². The molecule has 1 aliphatic rings. The summed E-state index contributed by atoms with van der Waals surface area (Å²) in [5.74, 6) is -0.654. The zero-order valence-electron chi connectivity index (χ0n) is 14.9. The Morgan fingerprint density at radius 1 is 1.00 bits per heavy atom. The van der Waals surface area contributed by atoms with Crippen LogP contribution in [0.3, 0.4) is 0 Å². The van der Waals surface area contributed by atoms with Crippen molar-refractivity contribution in [1.29, 1.82) is 0 Å². The van der Waals surface area contributed by atoms with Crippen LogP contribution in [0.2, 0.25) is 0 Å². The van der Waals surface area contributed by atoms with E-state index >= 15 is 0 Å². The number of fused-ring (bicyclic) bond motifs is 1. The molecule has 1 aromatic heterocycles. The van der Waals surface area contributed by atoms with Gasteiger partial charge in [0.1, 0.15) is 0 Å². The average Bonchev–Trinajstić information content (AvgIpc) is 2.87. The minimum absolute atomic E-state index is 0.111. The molecule has 0 unspecified atom stereocenters. The lowest BCUT2D eigenvalue weighted by molar-refractivity contribution is 0.0648. The minimum Gasteiger partial charge on any atom is -0.335 e. The number of carbonyl (C=O) groups is 2. The molecule has 2 heterocycles. The molecular weight excluding hydrogens is 350 g/mol. The van der Waals surface area contributed by atoms with E-state index < -0.39 is 0 Å². The molecule has 2 aromatic rings. The Hall–Kier alpha value is -2.54. The first-order valence-electron chi connectivity index (χ1n) is 8.79. The first-order chi connectivity index (χ1) is 12.5. The number of rotatable bonds is 6. The second-order valence-electron chi connectivity index (χ2n) is 6.26. The summed E-state index contributed by atoms with van der Waals surface area (Å²) in [5, 5.41) is 0. The highest BCUT2D eigenvalue weighted by Crippen LogP contribution is 2.22. The highest BCUT2D eigenvalue weighted by atomic mass is 32.1. The van der Waals surface area contributed by atoms with Gasteiger partial charge in [-0.25, -0.2) is 0 Å². The number of aromatic nitrogens is 2. The Bertz CT molecular complexity index is 955. The number of H-pyrrole nitrogens is 1. The molecule has 0 fully saturated rings. The fraction of sp³-hybridized carbons (Fsp3) is 0.368. The summed E-state index contributed by atoms with van der Waals surface area (Å²) >= 11 is 5.34. The molecule has 0 atom stereocenters. The fourth-order valence-corrected chi connectivity index (χ4v) is 3.63. The van der Waals surface area contributed by atoms with E-state index in [1.165, 1.54) is 9.47 Å². The van der Waals surface area contributed by atoms with Gasteiger partial charge in [-0.15, -0.1) is 0 Å². The first kappa shape index (κ1) is 18.3. The van der Waals surface area contributed by atoms with Gasteiger partial charge in [-0.3, -0.25) is 23.9 Å². The highest BCUT2D eigenvalue weighted by molar-refractivity contribution is 7.71. The van der Waals surface area contributed by atoms with Gasteiger partial charge >= 0.3 is 0 Å². The molecule has 0 spiro atoms. The Morgan fingerprint density at radius 2 is 1.62 bits per heavy atom. The molecule has 0 saturated carbocycles. The van der Waals surface area contributed by atoms with E-state index in [9.17, 15) is 14.4 Å². The average molecular weight is 371 g/mol. The van der Waals surface area contributed by atoms with Gasteiger partial charge in [0.15, 0.2) is 4.77 Å². The normalized spacial score (nSPS) is 13.4. The van der Waals surface area contributed by atoms with Crippen molar-refractivity contribution >= 4 is 24.0 Å². The molecule has 2 amide bonds. The van der Waals surface area contributed by atoms with E-state index in [1.54, 1.807) is 24.3 Å². The maximum absolute atomic E-state index is 12.8. The maximum Gasteiger partial charge on any atom is 0.261 e. The van der Waals surface area contributed by atoms with Crippen molar-refractivity contribution in [2.45, 2.75) is 39.7 Å². The van der Waals surface area contributed by atoms with Gasteiger partial charge in [-0.1, -0.05) is 32.4 Å². The number of benzene rings is 1. The molecule has 0 saturated heterocycles. The summed E-state index contributed by atoms with van der Waals surface area (Å²) in [6, 6.07) is 6.74. The standard InChI is InChI=1S/C19H21N3O3S/c1-3-7-15-12(4-2)16(23)22(19(26)20-15)11-10-21-17(24)13-8-5-6-9-14(13)18(21)25/h5-6,8-9H,3-4,7,10-11H2,1-2H3,(H,20,26). The molecule has 1 N–H and O–H groups in total. The monoisotopic (exact) mass is 371 g/mol. The maximum atomic E-state index is 12.8. The summed E-state index contributed by atoms with van der Waals surface area (Å²) in [6.07, 6.45) is 2.28. The zero-order chi connectivity index (χ0) is 18.8. The molecule has 3 rings (SSSR count). The Kier molecular flexibility index (Phi) is 5.18. The second-order valence-corrected chi connectivity index (χ2v) is 6.64. The quantitative estimate of drug-likeness (QED) is 0.626. The van der Waals surface area contributed by atoms with Crippen molar-refractivity contribution < 1.29 is 9.59 Å². The third-order valence-electron chi connectivity index (χ3n) is 4.65. The van der Waals surface area contributed by atoms with Gasteiger partial charge < -0.3 is 4.98 Å². The van der Waals surface area contributed by atoms with Crippen LogP contribution in [-0.4, -0.2) is 32.8 Å². The molecule has 136 valence electrons. The van der Waals surface area contributed by atoms with Gasteiger partial charge in [-0.05, 0) is 37.2 Å². The highest BCUT2D eigenvalue weighted by Gasteiger charge is 2.34. The predicted molar refractivity (Wildman–Crippen MR) is 101 cm³/mol. The van der Waals surface area contributed by atoms with Gasteiger partial charge in [0.05, 0.1) is 11.1 Å². The van der Waals surface area contributed by atoms with E-state index in [1.807, 2.05) is 13.8 Å². The van der Waals surface area contributed by atoms with Crippen LogP contribution in [-0.2, 0) is 19.4 Å². The van der Waals surface area contributed by atoms with E-state index in [-0.39, 0.29) is 30.5 Å². The van der Waals surface area contributed by atoms with E-state index in [0.717, 1.165) is 18.5 Å². The third-order valence-corrected chi connectivity index (χ3v) is 4.97. The minimum atomic E-state index is -0.327. The lowest BCUT2D eigenvalue weighted by atomic mass is 10.1. The summed E-state index contributed by atoms with van der Waals surface area (Å²) < 4.78 is 1.77. The molecule has 0 radical (unpaired) electrons. The van der Waals surface area contributed by atoms with Crippen LogP contribution in [0.25, 0.3) is 0 Å². The van der Waals surface area contributed by atoms with Crippen LogP contribution >= 0.6 is 12.2 Å². The van der Waals surface area contributed by atoms with Crippen LogP contribution in [0, 0.1) is 4.77 Å². The van der Waals surface area contributed by atoms with Crippen molar-refractivity contribution in [3.63, 3.8) is 0 Å². The van der Waals surface area contributed by atoms with E-state index in [2.05, 4.69) is 4.98 Å². The van der Waals surface area contributed by atoms with Crippen molar-refractivity contribution in [2.75, 3.05) is 6.54 Å². The van der Waals surface area contributed by atoms with E-state index in [4.69, 9.17) is 12.2 Å². The van der Waals surface area contributed by atoms with Gasteiger partial charge in [0, 0.05) is 24.3 Å². The molecule has 0 aliphatic carbocycles. The smallest absolute Gasteiger partial charge is 0.261 e. The number of carbonyl (C=O) groups excluding carboxylic acids is 2. The number of aromatic amines is 1. The number of aryl methyl sites for hydroxylation is 1. The number of amides is 2. The fourth-order valence-electron chi connectivity index (χ4n) is 3.33. The Morgan fingerprint density at radius 3 is 2.15 bits per heavy atom. The molecular formula is C19H21N3O3S. The van der Waals surface area contributed by atoms with Crippen LogP contribution in [0.1, 0.15) is 52.2 Å². The number of hydrogen-bond acceptors (Lipinski definition) is 4. The van der Waals surface area contributed by atoms with Crippen molar-refractivity contribution in [3.8, 4) is 0 Å². The summed E-state index contributed by atoms with van der Waals surface area (Å²) in [4.78, 5) is 42.0. The molecule has 6 nitrogen and oxygen atoms in total. The van der Waals surface area contributed by atoms with Crippen LogP contribution < -0.4 is 5.56 Å². The lowest BCUT2D eigenvalue weighted by Crippen LogP contribution is -2.36. The second kappa shape index (κ2) is 7.37. The SMILES string of the molecule is CCCc1[nH]c(=S)n(CCN2C(=O)c3ccccc3C2=O)c(=O)c1CC. The number of nitrogens with zero attached hydrogens (tertiary/aromatic N) is 2. The van der Waals surface area contributed by atoms with Crippen molar-refractivity contribution in [2.24, 2.45) is 0 Å². The molecule has 1 aliphatic heterocycles. The summed E-state index contributed by atoms with van der Waals surface area (Å²) in [7, 11) is 0. The van der Waals surface area contributed by atoms with Crippen LogP contribution in [0.15, 0.2) is 29.1 Å². The van der Waals surface area contributed by atoms with Gasteiger partial charge in [0.25, 0.3) is 17.4 Å².